The maximum absolute atomic E-state index is 12.5. The molecule has 3 rings (SSSR count). The molecule has 1 unspecified atom stereocenters. The van der Waals surface area contributed by atoms with Crippen molar-refractivity contribution >= 4 is 11.9 Å². The predicted molar refractivity (Wildman–Crippen MR) is 82.5 cm³/mol. The number of carbonyl (C=O) groups is 2. The zero-order chi connectivity index (χ0) is 16.2. The fraction of sp³-hybridized carbons (Fsp3) is 0.375. The molecule has 120 valence electrons. The Morgan fingerprint density at radius 3 is 2.87 bits per heavy atom. The van der Waals surface area contributed by atoms with E-state index in [0.717, 1.165) is 11.1 Å². The van der Waals surface area contributed by atoms with E-state index in [1.807, 2.05) is 6.07 Å². The van der Waals surface area contributed by atoms with Crippen molar-refractivity contribution in [3.8, 4) is 11.1 Å². The number of rotatable bonds is 4. The highest BCUT2D eigenvalue weighted by Gasteiger charge is 2.32. The highest BCUT2D eigenvalue weighted by atomic mass is 16.5. The molecule has 1 N–H and O–H groups in total. The normalized spacial score (nSPS) is 17.3. The third kappa shape index (κ3) is 3.23. The van der Waals surface area contributed by atoms with Crippen LogP contribution in [0.4, 0.5) is 0 Å². The zero-order valence-electron chi connectivity index (χ0n) is 12.9. The largest absolute Gasteiger partial charge is 0.466 e. The molecule has 1 saturated heterocycles. The van der Waals surface area contributed by atoms with Crippen LogP contribution in [0.25, 0.3) is 11.1 Å². The van der Waals surface area contributed by atoms with E-state index in [9.17, 15) is 9.59 Å². The summed E-state index contributed by atoms with van der Waals surface area (Å²) in [5, 5.41) is 6.63. The van der Waals surface area contributed by atoms with Gasteiger partial charge < -0.3 is 9.64 Å². The Morgan fingerprint density at radius 2 is 2.22 bits per heavy atom. The molecular formula is C16H18N4O3. The number of ether oxygens (including phenoxy) is 1. The lowest BCUT2D eigenvalue weighted by atomic mass is 10.1. The molecule has 0 saturated carbocycles. The number of nitrogens with one attached hydrogen (secondary N) is 1. The first-order valence-electron chi connectivity index (χ1n) is 7.60. The van der Waals surface area contributed by atoms with Crippen LogP contribution in [0, 0.1) is 5.92 Å². The molecule has 1 amide bonds. The minimum Gasteiger partial charge on any atom is -0.466 e. The van der Waals surface area contributed by atoms with Gasteiger partial charge in [-0.1, -0.05) is 6.07 Å². The third-order valence-electron chi connectivity index (χ3n) is 3.91. The van der Waals surface area contributed by atoms with E-state index < -0.39 is 0 Å². The summed E-state index contributed by atoms with van der Waals surface area (Å²) < 4.78 is 5.02. The van der Waals surface area contributed by atoms with Crippen LogP contribution < -0.4 is 0 Å². The molecule has 0 aromatic carbocycles. The minimum atomic E-state index is -0.232. The third-order valence-corrected chi connectivity index (χ3v) is 3.91. The average Bonchev–Trinajstić information content (AvgIpc) is 3.26. The van der Waals surface area contributed by atoms with E-state index in [2.05, 4.69) is 15.2 Å². The molecule has 1 atom stereocenters. The summed E-state index contributed by atoms with van der Waals surface area (Å²) in [5.74, 6) is -0.620. The number of aromatic amines is 1. The predicted octanol–water partition coefficient (Wildman–Crippen LogP) is 1.50. The van der Waals surface area contributed by atoms with Crippen molar-refractivity contribution in [1.29, 1.82) is 0 Å². The van der Waals surface area contributed by atoms with Gasteiger partial charge in [0.15, 0.2) is 0 Å². The number of nitrogens with zero attached hydrogens (tertiary/aromatic N) is 3. The number of hydrogen-bond donors (Lipinski definition) is 1. The van der Waals surface area contributed by atoms with Gasteiger partial charge in [-0.2, -0.15) is 5.10 Å². The van der Waals surface area contributed by atoms with E-state index in [1.54, 1.807) is 36.5 Å². The van der Waals surface area contributed by atoms with E-state index in [4.69, 9.17) is 4.74 Å². The number of amides is 1. The summed E-state index contributed by atoms with van der Waals surface area (Å²) in [6, 6.07) is 3.53. The van der Waals surface area contributed by atoms with Crippen LogP contribution in [0.2, 0.25) is 0 Å². The van der Waals surface area contributed by atoms with Crippen molar-refractivity contribution in [3.63, 3.8) is 0 Å². The highest BCUT2D eigenvalue weighted by Crippen LogP contribution is 2.21. The van der Waals surface area contributed by atoms with Crippen LogP contribution in [0.3, 0.4) is 0 Å². The van der Waals surface area contributed by atoms with Crippen molar-refractivity contribution in [2.24, 2.45) is 5.92 Å². The van der Waals surface area contributed by atoms with E-state index in [1.165, 1.54) is 0 Å². The van der Waals surface area contributed by atoms with Crippen molar-refractivity contribution in [2.45, 2.75) is 13.3 Å². The van der Waals surface area contributed by atoms with Crippen LogP contribution in [-0.2, 0) is 9.53 Å². The molecule has 1 fully saturated rings. The Bertz CT molecular complexity index is 682. The molecule has 3 heterocycles. The second-order valence-corrected chi connectivity index (χ2v) is 5.41. The summed E-state index contributed by atoms with van der Waals surface area (Å²) in [7, 11) is 0. The second kappa shape index (κ2) is 6.60. The second-order valence-electron chi connectivity index (χ2n) is 5.41. The summed E-state index contributed by atoms with van der Waals surface area (Å²) in [6.07, 6.45) is 5.75. The molecule has 7 heteroatoms. The molecule has 1 aliphatic heterocycles. The maximum Gasteiger partial charge on any atom is 0.310 e. The maximum atomic E-state index is 12.5. The standard InChI is InChI=1S/C16H18N4O3/c1-2-23-16(22)12-5-6-20(10-12)15(21)14-4-3-11(7-17-14)13-8-18-19-9-13/h3-4,7-9,12H,2,5-6,10H2,1H3,(H,18,19). The van der Waals surface area contributed by atoms with Crippen LogP contribution in [0.1, 0.15) is 23.8 Å². The van der Waals surface area contributed by atoms with Gasteiger partial charge >= 0.3 is 5.97 Å². The molecule has 23 heavy (non-hydrogen) atoms. The van der Waals surface area contributed by atoms with Crippen molar-refractivity contribution in [2.75, 3.05) is 19.7 Å². The lowest BCUT2D eigenvalue weighted by Gasteiger charge is -2.15. The molecule has 0 spiro atoms. The number of esters is 1. The Morgan fingerprint density at radius 1 is 1.35 bits per heavy atom. The van der Waals surface area contributed by atoms with Crippen LogP contribution in [0.5, 0.6) is 0 Å². The first-order chi connectivity index (χ1) is 11.2. The van der Waals surface area contributed by atoms with Gasteiger partial charge in [0.1, 0.15) is 5.69 Å². The zero-order valence-corrected chi connectivity index (χ0v) is 12.9. The summed E-state index contributed by atoms with van der Waals surface area (Å²) >= 11 is 0. The first-order valence-corrected chi connectivity index (χ1v) is 7.60. The molecule has 1 aliphatic rings. The highest BCUT2D eigenvalue weighted by molar-refractivity contribution is 5.93. The molecule has 7 nitrogen and oxygen atoms in total. The smallest absolute Gasteiger partial charge is 0.310 e. The van der Waals surface area contributed by atoms with E-state index in [0.29, 0.717) is 31.8 Å². The number of hydrogen-bond acceptors (Lipinski definition) is 5. The summed E-state index contributed by atoms with van der Waals surface area (Å²) in [4.78, 5) is 30.1. The van der Waals surface area contributed by atoms with Gasteiger partial charge in [0.05, 0.1) is 18.7 Å². The molecule has 0 bridgehead atoms. The quantitative estimate of drug-likeness (QED) is 0.864. The Hall–Kier alpha value is -2.70. The summed E-state index contributed by atoms with van der Waals surface area (Å²) in [6.45, 7) is 3.08. The monoisotopic (exact) mass is 314 g/mol. The van der Waals surface area contributed by atoms with E-state index >= 15 is 0 Å². The fourth-order valence-electron chi connectivity index (χ4n) is 2.66. The van der Waals surface area contributed by atoms with Gasteiger partial charge in [-0.25, -0.2) is 0 Å². The van der Waals surface area contributed by atoms with Crippen molar-refractivity contribution in [3.05, 3.63) is 36.4 Å². The number of H-pyrrole nitrogens is 1. The van der Waals surface area contributed by atoms with Crippen LogP contribution in [0.15, 0.2) is 30.7 Å². The SMILES string of the molecule is CCOC(=O)C1CCN(C(=O)c2ccc(-c3cn[nH]c3)cn2)C1. The van der Waals surface area contributed by atoms with Gasteiger partial charge in [-0.3, -0.25) is 19.7 Å². The topological polar surface area (TPSA) is 88.2 Å². The molecule has 2 aromatic heterocycles. The lowest BCUT2D eigenvalue weighted by molar-refractivity contribution is -0.147. The van der Waals surface area contributed by atoms with Crippen LogP contribution in [-0.4, -0.2) is 51.7 Å². The van der Waals surface area contributed by atoms with E-state index in [-0.39, 0.29) is 17.8 Å². The number of pyridine rings is 1. The Balaban J connectivity index is 1.66. The molecule has 0 radical (unpaired) electrons. The van der Waals surface area contributed by atoms with Crippen molar-refractivity contribution < 1.29 is 14.3 Å². The number of aromatic nitrogens is 3. The number of likely N-dealkylation sites (tertiary alicyclic amines) is 1. The number of carbonyl (C=O) groups excluding carboxylic acids is 2. The fourth-order valence-corrected chi connectivity index (χ4v) is 2.66. The van der Waals surface area contributed by atoms with Gasteiger partial charge in [0.2, 0.25) is 0 Å². The van der Waals surface area contributed by atoms with Crippen molar-refractivity contribution in [1.82, 2.24) is 20.1 Å². The lowest BCUT2D eigenvalue weighted by Crippen LogP contribution is -2.31. The van der Waals surface area contributed by atoms with Crippen LogP contribution >= 0.6 is 0 Å². The first kappa shape index (κ1) is 15.2. The molecular weight excluding hydrogens is 296 g/mol. The van der Waals surface area contributed by atoms with Gasteiger partial charge in [0, 0.05) is 36.6 Å². The minimum absolute atomic E-state index is 0.157. The molecule has 0 aliphatic carbocycles. The molecule has 2 aromatic rings. The Labute approximate surface area is 133 Å². The summed E-state index contributed by atoms with van der Waals surface area (Å²) in [5.41, 5.74) is 2.18. The Kier molecular flexibility index (Phi) is 4.36. The van der Waals surface area contributed by atoms with Gasteiger partial charge in [-0.05, 0) is 19.4 Å². The van der Waals surface area contributed by atoms with Gasteiger partial charge in [-0.15, -0.1) is 0 Å². The van der Waals surface area contributed by atoms with Gasteiger partial charge in [0.25, 0.3) is 5.91 Å². The average molecular weight is 314 g/mol.